The summed E-state index contributed by atoms with van der Waals surface area (Å²) in [6.45, 7) is 4.71. The van der Waals surface area contributed by atoms with E-state index in [4.69, 9.17) is 5.11 Å². The molecule has 0 spiro atoms. The molecule has 2 heterocycles. The highest BCUT2D eigenvalue weighted by molar-refractivity contribution is 5.75. The first-order valence-corrected chi connectivity index (χ1v) is 7.13. The van der Waals surface area contributed by atoms with E-state index in [2.05, 4.69) is 5.32 Å². The smallest absolute Gasteiger partial charge is 0.320 e. The lowest BCUT2D eigenvalue weighted by Gasteiger charge is -2.35. The van der Waals surface area contributed by atoms with Gasteiger partial charge in [-0.2, -0.15) is 0 Å². The van der Waals surface area contributed by atoms with Gasteiger partial charge in [-0.05, 0) is 31.7 Å². The fourth-order valence-corrected chi connectivity index (χ4v) is 2.89. The average Bonchev–Trinajstić information content (AvgIpc) is 2.66. The molecule has 0 saturated carbocycles. The van der Waals surface area contributed by atoms with Crippen LogP contribution in [-0.2, 0) is 4.79 Å². The molecule has 2 fully saturated rings. The van der Waals surface area contributed by atoms with E-state index in [1.807, 2.05) is 9.80 Å². The second kappa shape index (κ2) is 6.75. The first-order valence-electron chi connectivity index (χ1n) is 7.13. The van der Waals surface area contributed by atoms with Crippen LogP contribution in [0.15, 0.2) is 0 Å². The van der Waals surface area contributed by atoms with Gasteiger partial charge >= 0.3 is 12.0 Å². The van der Waals surface area contributed by atoms with Gasteiger partial charge in [0.25, 0.3) is 0 Å². The molecule has 1 atom stereocenters. The van der Waals surface area contributed by atoms with Crippen molar-refractivity contribution in [2.75, 3.05) is 39.3 Å². The number of rotatable bonds is 2. The molecule has 2 N–H and O–H groups in total. The van der Waals surface area contributed by atoms with Gasteiger partial charge in [-0.15, -0.1) is 0 Å². The van der Waals surface area contributed by atoms with Gasteiger partial charge in [0.2, 0.25) is 0 Å². The van der Waals surface area contributed by atoms with Gasteiger partial charge < -0.3 is 20.2 Å². The maximum atomic E-state index is 12.4. The van der Waals surface area contributed by atoms with Crippen LogP contribution < -0.4 is 5.32 Å². The SMILES string of the molecule is O=C(O)CC1CCCN(C(=O)N2CCCNCC2)C1. The van der Waals surface area contributed by atoms with Gasteiger partial charge in [-0.1, -0.05) is 0 Å². The van der Waals surface area contributed by atoms with E-state index in [9.17, 15) is 9.59 Å². The molecule has 2 rings (SSSR count). The zero-order valence-corrected chi connectivity index (χ0v) is 11.3. The lowest BCUT2D eigenvalue weighted by atomic mass is 9.95. The van der Waals surface area contributed by atoms with E-state index in [0.29, 0.717) is 6.54 Å². The highest BCUT2D eigenvalue weighted by Crippen LogP contribution is 2.20. The highest BCUT2D eigenvalue weighted by Gasteiger charge is 2.28. The summed E-state index contributed by atoms with van der Waals surface area (Å²) in [5, 5.41) is 12.1. The molecule has 19 heavy (non-hydrogen) atoms. The minimum atomic E-state index is -0.765. The number of hydrogen-bond acceptors (Lipinski definition) is 3. The maximum Gasteiger partial charge on any atom is 0.320 e. The number of piperidine rings is 1. The third-order valence-electron chi connectivity index (χ3n) is 3.86. The quantitative estimate of drug-likeness (QED) is 0.769. The van der Waals surface area contributed by atoms with Gasteiger partial charge in [0, 0.05) is 39.1 Å². The number of carbonyl (C=O) groups is 2. The van der Waals surface area contributed by atoms with Crippen LogP contribution in [0.3, 0.4) is 0 Å². The van der Waals surface area contributed by atoms with Crippen molar-refractivity contribution in [1.82, 2.24) is 15.1 Å². The molecule has 0 aromatic carbocycles. The number of carbonyl (C=O) groups excluding carboxylic acids is 1. The summed E-state index contributed by atoms with van der Waals surface area (Å²) in [5.41, 5.74) is 0. The van der Waals surface area contributed by atoms with Crippen molar-refractivity contribution in [3.63, 3.8) is 0 Å². The molecule has 0 radical (unpaired) electrons. The van der Waals surface area contributed by atoms with Crippen molar-refractivity contribution in [3.8, 4) is 0 Å². The second-order valence-electron chi connectivity index (χ2n) is 5.43. The van der Waals surface area contributed by atoms with Crippen molar-refractivity contribution in [2.24, 2.45) is 5.92 Å². The van der Waals surface area contributed by atoms with E-state index >= 15 is 0 Å². The van der Waals surface area contributed by atoms with Gasteiger partial charge in [0.05, 0.1) is 0 Å². The normalized spacial score (nSPS) is 24.9. The van der Waals surface area contributed by atoms with E-state index in [0.717, 1.165) is 52.0 Å². The number of carboxylic acids is 1. The molecule has 2 amide bonds. The van der Waals surface area contributed by atoms with Crippen molar-refractivity contribution >= 4 is 12.0 Å². The molecule has 0 aromatic heterocycles. The lowest BCUT2D eigenvalue weighted by molar-refractivity contribution is -0.138. The molecule has 2 saturated heterocycles. The van der Waals surface area contributed by atoms with Crippen LogP contribution in [0.2, 0.25) is 0 Å². The number of nitrogens with one attached hydrogen (secondary N) is 1. The molecule has 108 valence electrons. The Morgan fingerprint density at radius 3 is 2.68 bits per heavy atom. The van der Waals surface area contributed by atoms with E-state index in [1.54, 1.807) is 0 Å². The number of aliphatic carboxylic acids is 1. The van der Waals surface area contributed by atoms with Crippen molar-refractivity contribution < 1.29 is 14.7 Å². The summed E-state index contributed by atoms with van der Waals surface area (Å²) >= 11 is 0. The molecule has 6 heteroatoms. The third-order valence-corrected chi connectivity index (χ3v) is 3.86. The zero-order chi connectivity index (χ0) is 13.7. The number of nitrogens with zero attached hydrogens (tertiary/aromatic N) is 2. The predicted octanol–water partition coefficient (Wildman–Crippen LogP) is 0.588. The van der Waals surface area contributed by atoms with Crippen LogP contribution in [-0.4, -0.2) is 66.2 Å². The van der Waals surface area contributed by atoms with Crippen LogP contribution in [0.25, 0.3) is 0 Å². The van der Waals surface area contributed by atoms with E-state index in [-0.39, 0.29) is 18.4 Å². The fraction of sp³-hybridized carbons (Fsp3) is 0.846. The Morgan fingerprint density at radius 2 is 1.89 bits per heavy atom. The van der Waals surface area contributed by atoms with Crippen LogP contribution in [0.5, 0.6) is 0 Å². The van der Waals surface area contributed by atoms with Crippen molar-refractivity contribution in [3.05, 3.63) is 0 Å². The van der Waals surface area contributed by atoms with Gasteiger partial charge in [0.15, 0.2) is 0 Å². The van der Waals surface area contributed by atoms with Crippen LogP contribution in [0, 0.1) is 5.92 Å². The largest absolute Gasteiger partial charge is 0.481 e. The van der Waals surface area contributed by atoms with Crippen LogP contribution in [0.1, 0.15) is 25.7 Å². The Morgan fingerprint density at radius 1 is 1.11 bits per heavy atom. The summed E-state index contributed by atoms with van der Waals surface area (Å²) in [6.07, 6.45) is 2.98. The zero-order valence-electron chi connectivity index (χ0n) is 11.3. The number of urea groups is 1. The first-order chi connectivity index (χ1) is 9.16. The molecule has 2 aliphatic heterocycles. The van der Waals surface area contributed by atoms with E-state index < -0.39 is 5.97 Å². The monoisotopic (exact) mass is 269 g/mol. The topological polar surface area (TPSA) is 72.9 Å². The summed E-state index contributed by atoms with van der Waals surface area (Å²) in [7, 11) is 0. The molecule has 0 aromatic rings. The number of amides is 2. The molecule has 1 unspecified atom stereocenters. The standard InChI is InChI=1S/C13H23N3O3/c17-12(18)9-11-3-1-6-16(10-11)13(19)15-7-2-4-14-5-8-15/h11,14H,1-10H2,(H,17,18). The summed E-state index contributed by atoms with van der Waals surface area (Å²) in [6, 6.07) is 0.0822. The number of likely N-dealkylation sites (tertiary alicyclic amines) is 1. The summed E-state index contributed by atoms with van der Waals surface area (Å²) < 4.78 is 0. The summed E-state index contributed by atoms with van der Waals surface area (Å²) in [5.74, 6) is -0.654. The number of carboxylic acid groups (broad SMARTS) is 1. The minimum absolute atomic E-state index is 0.0822. The Labute approximate surface area is 113 Å². The van der Waals surface area contributed by atoms with Gasteiger partial charge in [-0.25, -0.2) is 4.79 Å². The Balaban J connectivity index is 1.88. The minimum Gasteiger partial charge on any atom is -0.481 e. The summed E-state index contributed by atoms with van der Waals surface area (Å²) in [4.78, 5) is 26.9. The second-order valence-corrected chi connectivity index (χ2v) is 5.43. The van der Waals surface area contributed by atoms with Gasteiger partial charge in [-0.3, -0.25) is 4.79 Å². The number of hydrogen-bond donors (Lipinski definition) is 2. The van der Waals surface area contributed by atoms with Gasteiger partial charge in [0.1, 0.15) is 0 Å². The molecular weight excluding hydrogens is 246 g/mol. The average molecular weight is 269 g/mol. The van der Waals surface area contributed by atoms with Crippen LogP contribution in [0.4, 0.5) is 4.79 Å². The Hall–Kier alpha value is -1.30. The first kappa shape index (κ1) is 14.1. The lowest BCUT2D eigenvalue weighted by Crippen LogP contribution is -2.48. The van der Waals surface area contributed by atoms with Crippen LogP contribution >= 0.6 is 0 Å². The fourth-order valence-electron chi connectivity index (χ4n) is 2.89. The molecule has 0 bridgehead atoms. The maximum absolute atomic E-state index is 12.4. The van der Waals surface area contributed by atoms with Crippen molar-refractivity contribution in [1.29, 1.82) is 0 Å². The van der Waals surface area contributed by atoms with E-state index in [1.165, 1.54) is 0 Å². The molecular formula is C13H23N3O3. The Bertz CT molecular complexity index is 327. The van der Waals surface area contributed by atoms with Crippen molar-refractivity contribution in [2.45, 2.75) is 25.7 Å². The highest BCUT2D eigenvalue weighted by atomic mass is 16.4. The molecule has 0 aliphatic carbocycles. The molecule has 2 aliphatic rings. The predicted molar refractivity (Wildman–Crippen MR) is 71.0 cm³/mol. The third kappa shape index (κ3) is 4.09. The molecule has 6 nitrogen and oxygen atoms in total. The Kier molecular flexibility index (Phi) is 5.01.